The van der Waals surface area contributed by atoms with Crippen molar-refractivity contribution in [3.63, 3.8) is 0 Å². The molecule has 0 saturated carbocycles. The van der Waals surface area contributed by atoms with Gasteiger partial charge in [0.25, 0.3) is 0 Å². The lowest BCUT2D eigenvalue weighted by Crippen LogP contribution is -2.50. The van der Waals surface area contributed by atoms with Gasteiger partial charge in [0.05, 0.1) is 12.2 Å². The predicted molar refractivity (Wildman–Crippen MR) is 123 cm³/mol. The maximum atomic E-state index is 5.74. The zero-order chi connectivity index (χ0) is 21.3. The van der Waals surface area contributed by atoms with E-state index >= 15 is 0 Å². The molecule has 2 saturated heterocycles. The molecular weight excluding hydrogens is 376 g/mol. The van der Waals surface area contributed by atoms with Crippen molar-refractivity contribution in [2.75, 3.05) is 46.3 Å². The van der Waals surface area contributed by atoms with Crippen molar-refractivity contribution in [1.29, 1.82) is 0 Å². The van der Waals surface area contributed by atoms with E-state index in [1.807, 2.05) is 20.9 Å². The Hall–Kier alpha value is -1.60. The van der Waals surface area contributed by atoms with Gasteiger partial charge in [-0.3, -0.25) is 9.89 Å². The molecule has 0 bridgehead atoms. The maximum Gasteiger partial charge on any atom is 0.208 e. The van der Waals surface area contributed by atoms with Gasteiger partial charge in [0.1, 0.15) is 5.76 Å². The molecule has 1 aromatic heterocycles. The highest BCUT2D eigenvalue weighted by Crippen LogP contribution is 2.19. The molecule has 2 aliphatic heterocycles. The molecule has 0 unspecified atom stereocenters. The van der Waals surface area contributed by atoms with Crippen LogP contribution in [0.2, 0.25) is 0 Å². The normalized spacial score (nSPS) is 20.6. The molecule has 170 valence electrons. The minimum absolute atomic E-state index is 0.545. The zero-order valence-corrected chi connectivity index (χ0v) is 19.5. The van der Waals surface area contributed by atoms with Gasteiger partial charge in [0.2, 0.25) is 5.89 Å². The van der Waals surface area contributed by atoms with Crippen LogP contribution in [0.1, 0.15) is 62.8 Å². The zero-order valence-electron chi connectivity index (χ0n) is 19.5. The molecule has 0 spiro atoms. The fourth-order valence-corrected chi connectivity index (χ4v) is 4.46. The first kappa shape index (κ1) is 23.1. The van der Waals surface area contributed by atoms with Gasteiger partial charge in [-0.05, 0) is 71.5 Å². The van der Waals surface area contributed by atoms with Gasteiger partial charge in [-0.25, -0.2) is 4.98 Å². The number of rotatable bonds is 8. The molecule has 0 amide bonds. The minimum atomic E-state index is 0.545. The molecule has 0 aromatic carbocycles. The first-order valence-electron chi connectivity index (χ1n) is 11.9. The summed E-state index contributed by atoms with van der Waals surface area (Å²) in [5.41, 5.74) is 1.01. The Morgan fingerprint density at radius 3 is 2.40 bits per heavy atom. The molecule has 0 aliphatic carbocycles. The average molecular weight is 419 g/mol. The van der Waals surface area contributed by atoms with E-state index in [1.54, 1.807) is 0 Å². The van der Waals surface area contributed by atoms with Gasteiger partial charge in [-0.15, -0.1) is 0 Å². The summed E-state index contributed by atoms with van der Waals surface area (Å²) < 4.78 is 5.74. The quantitative estimate of drug-likeness (QED) is 0.500. The van der Waals surface area contributed by atoms with Crippen molar-refractivity contribution in [3.05, 3.63) is 17.3 Å². The molecule has 2 fully saturated rings. The van der Waals surface area contributed by atoms with Gasteiger partial charge in [-0.2, -0.15) is 0 Å². The van der Waals surface area contributed by atoms with E-state index in [9.17, 15) is 0 Å². The summed E-state index contributed by atoms with van der Waals surface area (Å²) in [6.07, 6.45) is 7.44. The lowest BCUT2D eigenvalue weighted by atomic mass is 9.97. The summed E-state index contributed by atoms with van der Waals surface area (Å²) in [4.78, 5) is 14.0. The topological polar surface area (TPSA) is 68.9 Å². The molecular formula is C23H42N6O. The van der Waals surface area contributed by atoms with Crippen LogP contribution in [0.25, 0.3) is 0 Å². The van der Waals surface area contributed by atoms with Crippen molar-refractivity contribution < 1.29 is 4.42 Å². The Labute approximate surface area is 182 Å². The van der Waals surface area contributed by atoms with E-state index in [2.05, 4.69) is 37.3 Å². The number of nitrogens with one attached hydrogen (secondary N) is 2. The van der Waals surface area contributed by atoms with Crippen molar-refractivity contribution in [3.8, 4) is 0 Å². The molecule has 7 heteroatoms. The number of likely N-dealkylation sites (tertiary alicyclic amines) is 2. The maximum absolute atomic E-state index is 5.74. The number of unbranched alkanes of at least 4 members (excludes halogenated alkanes) is 1. The fraction of sp³-hybridized carbons (Fsp3) is 0.826. The summed E-state index contributed by atoms with van der Waals surface area (Å²) >= 11 is 0. The standard InChI is InChI=1S/C23H42N6O/c1-5-6-11-28-14-9-21(10-15-28)27-23(24-4)25-16-20-7-12-29(13-8-20)17-22-26-18(2)19(3)30-22/h20-21H,5-17H2,1-4H3,(H2,24,25,27). The first-order chi connectivity index (χ1) is 14.6. The molecule has 3 heterocycles. The molecule has 1 aromatic rings. The summed E-state index contributed by atoms with van der Waals surface area (Å²) in [5, 5.41) is 7.24. The molecule has 2 N–H and O–H groups in total. The van der Waals surface area contributed by atoms with Crippen LogP contribution in [0.4, 0.5) is 0 Å². The Kier molecular flexibility index (Phi) is 9.00. The average Bonchev–Trinajstić information content (AvgIpc) is 3.08. The van der Waals surface area contributed by atoms with Crippen LogP contribution in [0, 0.1) is 19.8 Å². The number of guanidine groups is 1. The van der Waals surface area contributed by atoms with Gasteiger partial charge >= 0.3 is 0 Å². The van der Waals surface area contributed by atoms with E-state index in [1.165, 1.54) is 58.2 Å². The molecule has 0 atom stereocenters. The van der Waals surface area contributed by atoms with Crippen LogP contribution in [-0.2, 0) is 6.54 Å². The van der Waals surface area contributed by atoms with Crippen molar-refractivity contribution in [2.24, 2.45) is 10.9 Å². The van der Waals surface area contributed by atoms with Crippen LogP contribution in [-0.4, -0.2) is 73.1 Å². The number of nitrogens with zero attached hydrogens (tertiary/aromatic N) is 4. The predicted octanol–water partition coefficient (Wildman–Crippen LogP) is 2.93. The molecule has 3 rings (SSSR count). The summed E-state index contributed by atoms with van der Waals surface area (Å²) in [7, 11) is 1.88. The lowest BCUT2D eigenvalue weighted by molar-refractivity contribution is 0.164. The van der Waals surface area contributed by atoms with Gasteiger partial charge in [0.15, 0.2) is 5.96 Å². The first-order valence-corrected chi connectivity index (χ1v) is 11.9. The van der Waals surface area contributed by atoms with Crippen LogP contribution in [0.5, 0.6) is 0 Å². The number of hydrogen-bond acceptors (Lipinski definition) is 5. The highest BCUT2D eigenvalue weighted by Gasteiger charge is 2.22. The highest BCUT2D eigenvalue weighted by molar-refractivity contribution is 5.79. The second kappa shape index (κ2) is 11.7. The van der Waals surface area contributed by atoms with Crippen LogP contribution in [0.3, 0.4) is 0 Å². The number of oxazole rings is 1. The SMILES string of the molecule is CCCCN1CCC(NC(=NC)NCC2CCN(Cc3nc(C)c(C)o3)CC2)CC1. The van der Waals surface area contributed by atoms with Gasteiger partial charge in [0, 0.05) is 32.7 Å². The third-order valence-corrected chi connectivity index (χ3v) is 6.68. The second-order valence-electron chi connectivity index (χ2n) is 9.04. The molecule has 2 aliphatic rings. The molecule has 30 heavy (non-hydrogen) atoms. The van der Waals surface area contributed by atoms with Gasteiger partial charge in [-0.1, -0.05) is 13.3 Å². The number of hydrogen-bond donors (Lipinski definition) is 2. The second-order valence-corrected chi connectivity index (χ2v) is 9.04. The monoisotopic (exact) mass is 418 g/mol. The third-order valence-electron chi connectivity index (χ3n) is 6.68. The molecule has 7 nitrogen and oxygen atoms in total. The number of aryl methyl sites for hydroxylation is 2. The van der Waals surface area contributed by atoms with E-state index in [0.717, 1.165) is 49.5 Å². The summed E-state index contributed by atoms with van der Waals surface area (Å²) in [6.45, 7) is 14.0. The van der Waals surface area contributed by atoms with Crippen molar-refractivity contribution in [2.45, 2.75) is 71.9 Å². The van der Waals surface area contributed by atoms with Crippen LogP contribution in [0.15, 0.2) is 9.41 Å². The fourth-order valence-electron chi connectivity index (χ4n) is 4.46. The largest absolute Gasteiger partial charge is 0.444 e. The van der Waals surface area contributed by atoms with Crippen LogP contribution >= 0.6 is 0 Å². The Morgan fingerprint density at radius 1 is 1.10 bits per heavy atom. The van der Waals surface area contributed by atoms with E-state index in [0.29, 0.717) is 12.0 Å². The smallest absolute Gasteiger partial charge is 0.208 e. The van der Waals surface area contributed by atoms with E-state index < -0.39 is 0 Å². The highest BCUT2D eigenvalue weighted by atomic mass is 16.4. The minimum Gasteiger partial charge on any atom is -0.444 e. The van der Waals surface area contributed by atoms with Gasteiger partial charge < -0.3 is 20.0 Å². The van der Waals surface area contributed by atoms with E-state index in [4.69, 9.17) is 4.42 Å². The number of aromatic nitrogens is 1. The number of aliphatic imine (C=N–C) groups is 1. The lowest BCUT2D eigenvalue weighted by Gasteiger charge is -2.34. The Bertz CT molecular complexity index is 637. The van der Waals surface area contributed by atoms with Crippen LogP contribution < -0.4 is 10.6 Å². The third kappa shape index (κ3) is 6.98. The Balaban J connectivity index is 1.32. The summed E-state index contributed by atoms with van der Waals surface area (Å²) in [5.74, 6) is 3.46. The van der Waals surface area contributed by atoms with E-state index in [-0.39, 0.29) is 0 Å². The number of piperidine rings is 2. The Morgan fingerprint density at radius 2 is 1.80 bits per heavy atom. The summed E-state index contributed by atoms with van der Waals surface area (Å²) in [6, 6.07) is 0.545. The molecule has 0 radical (unpaired) electrons. The van der Waals surface area contributed by atoms with Crippen molar-refractivity contribution >= 4 is 5.96 Å². The van der Waals surface area contributed by atoms with Crippen molar-refractivity contribution in [1.82, 2.24) is 25.4 Å².